The molecule has 1 N–H and O–H groups in total. The van der Waals surface area contributed by atoms with Gasteiger partial charge in [-0.15, -0.1) is 0 Å². The van der Waals surface area contributed by atoms with Crippen molar-refractivity contribution in [3.63, 3.8) is 0 Å². The van der Waals surface area contributed by atoms with Gasteiger partial charge in [0.25, 0.3) is 0 Å². The molecular formula is C16H19BrN8O. The molecule has 26 heavy (non-hydrogen) atoms. The van der Waals surface area contributed by atoms with Crippen molar-refractivity contribution in [2.75, 3.05) is 12.4 Å². The van der Waals surface area contributed by atoms with Crippen molar-refractivity contribution in [1.29, 1.82) is 0 Å². The zero-order valence-electron chi connectivity index (χ0n) is 14.7. The molecule has 136 valence electrons. The van der Waals surface area contributed by atoms with Gasteiger partial charge in [0.1, 0.15) is 11.4 Å². The van der Waals surface area contributed by atoms with Gasteiger partial charge in [-0.2, -0.15) is 25.1 Å². The molecule has 1 aliphatic rings. The molecule has 0 radical (unpaired) electrons. The van der Waals surface area contributed by atoms with Gasteiger partial charge in [-0.05, 0) is 42.6 Å². The Kier molecular flexibility index (Phi) is 4.14. The van der Waals surface area contributed by atoms with Gasteiger partial charge in [-0.25, -0.2) is 9.67 Å². The first kappa shape index (κ1) is 17.0. The van der Waals surface area contributed by atoms with Crippen LogP contribution in [0.15, 0.2) is 29.1 Å². The first-order valence-corrected chi connectivity index (χ1v) is 9.08. The minimum Gasteiger partial charge on any atom is -0.480 e. The molecule has 0 saturated heterocycles. The standard InChI is InChI=1S/C16H19BrN8O/c1-16(2,25-19-6-7-20-25)12-8-13(24(23-12)10-4-5-10)21-15-18-9-11(17)14(22-15)26-3/h6-10H,4-5H2,1-3H3,(H,18,21,22). The Balaban J connectivity index is 1.69. The lowest BCUT2D eigenvalue weighted by molar-refractivity contribution is 0.331. The van der Waals surface area contributed by atoms with Crippen LogP contribution in [0, 0.1) is 0 Å². The first-order chi connectivity index (χ1) is 12.5. The summed E-state index contributed by atoms with van der Waals surface area (Å²) in [6.07, 6.45) is 7.22. The van der Waals surface area contributed by atoms with Crippen LogP contribution in [0.5, 0.6) is 5.88 Å². The Morgan fingerprint density at radius 1 is 1.27 bits per heavy atom. The molecule has 0 unspecified atom stereocenters. The van der Waals surface area contributed by atoms with Gasteiger partial charge >= 0.3 is 0 Å². The predicted molar refractivity (Wildman–Crippen MR) is 98.5 cm³/mol. The van der Waals surface area contributed by atoms with E-state index in [1.165, 1.54) is 0 Å². The third kappa shape index (κ3) is 3.05. The van der Waals surface area contributed by atoms with Crippen molar-refractivity contribution in [2.45, 2.75) is 38.3 Å². The molecule has 4 rings (SSSR count). The van der Waals surface area contributed by atoms with Crippen LogP contribution < -0.4 is 10.1 Å². The van der Waals surface area contributed by atoms with E-state index in [4.69, 9.17) is 9.84 Å². The SMILES string of the molecule is COc1nc(Nc2cc(C(C)(C)n3nccn3)nn2C2CC2)ncc1Br. The number of nitrogens with zero attached hydrogens (tertiary/aromatic N) is 7. The minimum absolute atomic E-state index is 0.393. The summed E-state index contributed by atoms with van der Waals surface area (Å²) >= 11 is 3.36. The zero-order valence-corrected chi connectivity index (χ0v) is 16.3. The number of hydrogen-bond acceptors (Lipinski definition) is 7. The third-order valence-electron chi connectivity index (χ3n) is 4.32. The number of hydrogen-bond donors (Lipinski definition) is 1. The summed E-state index contributed by atoms with van der Waals surface area (Å²) in [4.78, 5) is 10.3. The molecule has 0 amide bonds. The van der Waals surface area contributed by atoms with Gasteiger partial charge in [0.05, 0.1) is 41.9 Å². The molecule has 0 aromatic carbocycles. The number of methoxy groups -OCH3 is 1. The lowest BCUT2D eigenvalue weighted by Gasteiger charge is -2.20. The molecular weight excluding hydrogens is 400 g/mol. The fourth-order valence-corrected chi connectivity index (χ4v) is 3.01. The van der Waals surface area contributed by atoms with Gasteiger partial charge in [0.2, 0.25) is 11.8 Å². The maximum atomic E-state index is 5.24. The van der Waals surface area contributed by atoms with Crippen LogP contribution in [0.3, 0.4) is 0 Å². The molecule has 9 nitrogen and oxygen atoms in total. The third-order valence-corrected chi connectivity index (χ3v) is 4.86. The minimum atomic E-state index is -0.474. The average Bonchev–Trinajstić information content (AvgIpc) is 3.14. The van der Waals surface area contributed by atoms with Crippen molar-refractivity contribution < 1.29 is 4.74 Å². The summed E-state index contributed by atoms with van der Waals surface area (Å²) < 4.78 is 7.94. The van der Waals surface area contributed by atoms with Crippen molar-refractivity contribution >= 4 is 27.7 Å². The average molecular weight is 419 g/mol. The van der Waals surface area contributed by atoms with E-state index < -0.39 is 5.54 Å². The van der Waals surface area contributed by atoms with E-state index in [9.17, 15) is 0 Å². The smallest absolute Gasteiger partial charge is 0.232 e. The predicted octanol–water partition coefficient (Wildman–Crippen LogP) is 2.90. The van der Waals surface area contributed by atoms with Crippen molar-refractivity contribution in [3.05, 3.63) is 34.8 Å². The molecule has 1 fully saturated rings. The number of ether oxygens (including phenoxy) is 1. The van der Waals surface area contributed by atoms with Crippen LogP contribution in [0.2, 0.25) is 0 Å². The molecule has 1 saturated carbocycles. The van der Waals surface area contributed by atoms with Crippen LogP contribution in [-0.2, 0) is 5.54 Å². The summed E-state index contributed by atoms with van der Waals surface area (Å²) in [7, 11) is 1.57. The van der Waals surface area contributed by atoms with Crippen LogP contribution in [0.4, 0.5) is 11.8 Å². The molecule has 3 heterocycles. The summed E-state index contributed by atoms with van der Waals surface area (Å²) in [5.41, 5.74) is 0.394. The van der Waals surface area contributed by atoms with Crippen LogP contribution in [0.1, 0.15) is 38.4 Å². The zero-order chi connectivity index (χ0) is 18.3. The molecule has 0 spiro atoms. The fraction of sp³-hybridized carbons (Fsp3) is 0.438. The van der Waals surface area contributed by atoms with Gasteiger partial charge in [-0.1, -0.05) is 0 Å². The van der Waals surface area contributed by atoms with E-state index in [2.05, 4.69) is 41.4 Å². The quantitative estimate of drug-likeness (QED) is 0.657. The molecule has 10 heteroatoms. The van der Waals surface area contributed by atoms with E-state index in [1.54, 1.807) is 30.5 Å². The van der Waals surface area contributed by atoms with Gasteiger partial charge in [0, 0.05) is 6.07 Å². The van der Waals surface area contributed by atoms with E-state index in [-0.39, 0.29) is 0 Å². The fourth-order valence-electron chi connectivity index (χ4n) is 2.66. The normalized spacial score (nSPS) is 14.5. The Morgan fingerprint density at radius 2 is 2.00 bits per heavy atom. The Bertz CT molecular complexity index is 916. The van der Waals surface area contributed by atoms with E-state index in [0.717, 1.165) is 24.4 Å². The highest BCUT2D eigenvalue weighted by molar-refractivity contribution is 9.10. The first-order valence-electron chi connectivity index (χ1n) is 8.29. The number of rotatable bonds is 6. The lowest BCUT2D eigenvalue weighted by Crippen LogP contribution is -2.30. The molecule has 0 bridgehead atoms. The Morgan fingerprint density at radius 3 is 2.65 bits per heavy atom. The van der Waals surface area contributed by atoms with E-state index in [1.807, 2.05) is 24.6 Å². The Labute approximate surface area is 158 Å². The number of nitrogens with one attached hydrogen (secondary N) is 1. The van der Waals surface area contributed by atoms with E-state index in [0.29, 0.717) is 22.3 Å². The van der Waals surface area contributed by atoms with Crippen LogP contribution in [-0.4, -0.2) is 41.9 Å². The van der Waals surface area contributed by atoms with Crippen molar-refractivity contribution in [2.24, 2.45) is 0 Å². The maximum Gasteiger partial charge on any atom is 0.232 e. The number of anilines is 2. The molecule has 3 aromatic heterocycles. The second-order valence-corrected chi connectivity index (χ2v) is 7.50. The summed E-state index contributed by atoms with van der Waals surface area (Å²) in [6, 6.07) is 2.39. The Hall–Kier alpha value is -2.49. The molecule has 0 aliphatic heterocycles. The van der Waals surface area contributed by atoms with Gasteiger partial charge in [0.15, 0.2) is 0 Å². The number of aromatic nitrogens is 7. The summed E-state index contributed by atoms with van der Waals surface area (Å²) in [5.74, 6) is 1.77. The van der Waals surface area contributed by atoms with E-state index >= 15 is 0 Å². The lowest BCUT2D eigenvalue weighted by atomic mass is 10.0. The second kappa shape index (κ2) is 6.35. The monoisotopic (exact) mass is 418 g/mol. The highest BCUT2D eigenvalue weighted by atomic mass is 79.9. The van der Waals surface area contributed by atoms with Crippen LogP contribution in [0.25, 0.3) is 0 Å². The largest absolute Gasteiger partial charge is 0.480 e. The second-order valence-electron chi connectivity index (χ2n) is 6.64. The van der Waals surface area contributed by atoms with Gasteiger partial charge in [-0.3, -0.25) is 0 Å². The van der Waals surface area contributed by atoms with Crippen molar-refractivity contribution in [3.8, 4) is 5.88 Å². The molecule has 3 aromatic rings. The van der Waals surface area contributed by atoms with Crippen molar-refractivity contribution in [1.82, 2.24) is 34.7 Å². The molecule has 1 aliphatic carbocycles. The summed E-state index contributed by atoms with van der Waals surface area (Å²) in [6.45, 7) is 4.07. The summed E-state index contributed by atoms with van der Waals surface area (Å²) in [5, 5.41) is 16.6. The number of halogens is 1. The highest BCUT2D eigenvalue weighted by Gasteiger charge is 2.33. The maximum absolute atomic E-state index is 5.24. The topological polar surface area (TPSA) is 95.6 Å². The van der Waals surface area contributed by atoms with Crippen LogP contribution >= 0.6 is 15.9 Å². The highest BCUT2D eigenvalue weighted by Crippen LogP contribution is 2.39. The van der Waals surface area contributed by atoms with Gasteiger partial charge < -0.3 is 10.1 Å². The molecule has 0 atom stereocenters.